The molecule has 86 valence electrons. The zero-order valence-corrected chi connectivity index (χ0v) is 9.50. The Morgan fingerprint density at radius 3 is 2.44 bits per heavy atom. The summed E-state index contributed by atoms with van der Waals surface area (Å²) in [7, 11) is 1.22. The Balaban J connectivity index is 3.29. The SMILES string of the molecule is COc1nc(Br)cnc1N(C(=O)O)C(=O)O. The summed E-state index contributed by atoms with van der Waals surface area (Å²) in [6.45, 7) is 0. The van der Waals surface area contributed by atoms with E-state index in [1.165, 1.54) is 7.11 Å². The normalized spacial score (nSPS) is 9.62. The third-order valence-electron chi connectivity index (χ3n) is 1.48. The molecule has 0 unspecified atom stereocenters. The number of anilines is 1. The summed E-state index contributed by atoms with van der Waals surface area (Å²) in [5, 5.41) is 17.4. The minimum Gasteiger partial charge on any atom is -0.478 e. The highest BCUT2D eigenvalue weighted by Crippen LogP contribution is 2.25. The predicted molar refractivity (Wildman–Crippen MR) is 54.8 cm³/mol. The van der Waals surface area contributed by atoms with Crippen LogP contribution < -0.4 is 9.64 Å². The van der Waals surface area contributed by atoms with Gasteiger partial charge < -0.3 is 14.9 Å². The Morgan fingerprint density at radius 2 is 2.00 bits per heavy atom. The summed E-state index contributed by atoms with van der Waals surface area (Å²) >= 11 is 2.99. The smallest absolute Gasteiger partial charge is 0.422 e. The van der Waals surface area contributed by atoms with E-state index in [4.69, 9.17) is 14.9 Å². The molecule has 2 amide bonds. The van der Waals surface area contributed by atoms with E-state index in [0.717, 1.165) is 6.20 Å². The second kappa shape index (κ2) is 4.75. The van der Waals surface area contributed by atoms with Gasteiger partial charge >= 0.3 is 12.2 Å². The Kier molecular flexibility index (Phi) is 3.61. The molecule has 0 saturated heterocycles. The van der Waals surface area contributed by atoms with E-state index in [2.05, 4.69) is 25.9 Å². The van der Waals surface area contributed by atoms with Crippen LogP contribution in [0.25, 0.3) is 0 Å². The number of carbonyl (C=O) groups is 2. The summed E-state index contributed by atoms with van der Waals surface area (Å²) in [6, 6.07) is 0. The maximum atomic E-state index is 10.7. The molecular weight excluding hydrogens is 286 g/mol. The van der Waals surface area contributed by atoms with Crippen molar-refractivity contribution in [3.63, 3.8) is 0 Å². The number of hydrogen-bond acceptors (Lipinski definition) is 5. The minimum absolute atomic E-state index is 0.0122. The second-order valence-electron chi connectivity index (χ2n) is 2.43. The minimum atomic E-state index is -1.69. The molecule has 0 atom stereocenters. The number of imide groups is 1. The van der Waals surface area contributed by atoms with E-state index in [-0.39, 0.29) is 10.8 Å². The average molecular weight is 292 g/mol. The van der Waals surface area contributed by atoms with Gasteiger partial charge in [0.1, 0.15) is 4.60 Å². The molecular formula is C7H6BrN3O5. The molecule has 0 saturated carbocycles. The van der Waals surface area contributed by atoms with Crippen molar-refractivity contribution in [3.8, 4) is 5.88 Å². The van der Waals surface area contributed by atoms with Gasteiger partial charge in [-0.15, -0.1) is 0 Å². The van der Waals surface area contributed by atoms with E-state index in [9.17, 15) is 9.59 Å². The van der Waals surface area contributed by atoms with Crippen LogP contribution in [0.2, 0.25) is 0 Å². The van der Waals surface area contributed by atoms with Crippen molar-refractivity contribution < 1.29 is 24.5 Å². The summed E-state index contributed by atoms with van der Waals surface area (Å²) in [5.74, 6) is -0.620. The number of nitrogens with zero attached hydrogens (tertiary/aromatic N) is 3. The van der Waals surface area contributed by atoms with Gasteiger partial charge in [-0.05, 0) is 15.9 Å². The first-order valence-corrected chi connectivity index (χ1v) is 4.59. The Bertz CT molecular complexity index is 424. The predicted octanol–water partition coefficient (Wildman–Crippen LogP) is 1.41. The Morgan fingerprint density at radius 1 is 1.44 bits per heavy atom. The number of carboxylic acid groups (broad SMARTS) is 2. The fraction of sp³-hybridized carbons (Fsp3) is 0.143. The Labute approximate surface area is 97.6 Å². The summed E-state index contributed by atoms with van der Waals surface area (Å²) in [6.07, 6.45) is -2.22. The summed E-state index contributed by atoms with van der Waals surface area (Å²) < 4.78 is 5.03. The van der Waals surface area contributed by atoms with Gasteiger partial charge in [0, 0.05) is 0 Å². The van der Waals surface area contributed by atoms with Gasteiger partial charge in [0.2, 0.25) is 5.82 Å². The lowest BCUT2D eigenvalue weighted by molar-refractivity contribution is 0.183. The number of hydrogen-bond donors (Lipinski definition) is 2. The summed E-state index contributed by atoms with van der Waals surface area (Å²) in [4.78, 5) is 28.8. The highest BCUT2D eigenvalue weighted by Gasteiger charge is 2.27. The molecule has 0 radical (unpaired) electrons. The van der Waals surface area contributed by atoms with Crippen LogP contribution in [0.1, 0.15) is 0 Å². The molecule has 2 N–H and O–H groups in total. The number of methoxy groups -OCH3 is 1. The van der Waals surface area contributed by atoms with Crippen molar-refractivity contribution in [2.24, 2.45) is 0 Å². The number of amides is 2. The molecule has 0 aliphatic rings. The molecule has 16 heavy (non-hydrogen) atoms. The van der Waals surface area contributed by atoms with Crippen LogP contribution >= 0.6 is 15.9 Å². The maximum Gasteiger partial charge on any atom is 0.422 e. The zero-order chi connectivity index (χ0) is 12.3. The van der Waals surface area contributed by atoms with Crippen LogP contribution in [0.5, 0.6) is 5.88 Å². The number of halogens is 1. The first kappa shape index (κ1) is 12.2. The van der Waals surface area contributed by atoms with E-state index < -0.39 is 18.0 Å². The number of rotatable bonds is 2. The standard InChI is InChI=1S/C7H6BrN3O5/c1-16-5-4(9-2-3(8)10-5)11(6(12)13)7(14)15/h2H,1H3,(H,12,13)(H,14,15). The van der Waals surface area contributed by atoms with Gasteiger partial charge in [0.25, 0.3) is 5.88 Å². The van der Waals surface area contributed by atoms with E-state index in [0.29, 0.717) is 4.60 Å². The highest BCUT2D eigenvalue weighted by atomic mass is 79.9. The molecule has 1 rings (SSSR count). The van der Waals surface area contributed by atoms with Crippen molar-refractivity contribution in [3.05, 3.63) is 10.8 Å². The molecule has 0 spiro atoms. The van der Waals surface area contributed by atoms with Gasteiger partial charge in [-0.1, -0.05) is 0 Å². The van der Waals surface area contributed by atoms with Crippen LogP contribution in [0.3, 0.4) is 0 Å². The molecule has 1 aromatic heterocycles. The van der Waals surface area contributed by atoms with E-state index in [1.54, 1.807) is 0 Å². The van der Waals surface area contributed by atoms with Crippen molar-refractivity contribution in [2.75, 3.05) is 12.0 Å². The van der Waals surface area contributed by atoms with E-state index in [1.807, 2.05) is 0 Å². The third-order valence-corrected chi connectivity index (χ3v) is 1.86. The first-order valence-electron chi connectivity index (χ1n) is 3.80. The third kappa shape index (κ3) is 2.37. The monoisotopic (exact) mass is 291 g/mol. The van der Waals surface area contributed by atoms with Gasteiger partial charge in [-0.25, -0.2) is 19.6 Å². The number of aromatic nitrogens is 2. The lowest BCUT2D eigenvalue weighted by Gasteiger charge is -2.14. The number of ether oxygens (including phenoxy) is 1. The molecule has 9 heteroatoms. The topological polar surface area (TPSA) is 113 Å². The molecule has 0 aliphatic heterocycles. The zero-order valence-electron chi connectivity index (χ0n) is 7.92. The van der Waals surface area contributed by atoms with Crippen molar-refractivity contribution >= 4 is 33.9 Å². The fourth-order valence-corrected chi connectivity index (χ4v) is 1.16. The molecule has 8 nitrogen and oxygen atoms in total. The largest absolute Gasteiger partial charge is 0.478 e. The van der Waals surface area contributed by atoms with Crippen molar-refractivity contribution in [1.82, 2.24) is 9.97 Å². The van der Waals surface area contributed by atoms with Crippen LogP contribution in [-0.2, 0) is 0 Å². The van der Waals surface area contributed by atoms with Gasteiger partial charge in [-0.2, -0.15) is 4.90 Å². The van der Waals surface area contributed by atoms with Crippen molar-refractivity contribution in [2.45, 2.75) is 0 Å². The molecule has 0 aliphatic carbocycles. The highest BCUT2D eigenvalue weighted by molar-refractivity contribution is 9.10. The lowest BCUT2D eigenvalue weighted by atomic mass is 10.5. The maximum absolute atomic E-state index is 10.7. The fourth-order valence-electron chi connectivity index (χ4n) is 0.899. The van der Waals surface area contributed by atoms with E-state index >= 15 is 0 Å². The summed E-state index contributed by atoms with van der Waals surface area (Å²) in [5.41, 5.74) is 0. The van der Waals surface area contributed by atoms with Crippen LogP contribution in [-0.4, -0.2) is 39.5 Å². The van der Waals surface area contributed by atoms with Crippen molar-refractivity contribution in [1.29, 1.82) is 0 Å². The Hall–Kier alpha value is -1.90. The van der Waals surface area contributed by atoms with Gasteiger partial charge in [-0.3, -0.25) is 0 Å². The van der Waals surface area contributed by atoms with Crippen LogP contribution in [0.4, 0.5) is 15.4 Å². The lowest BCUT2D eigenvalue weighted by Crippen LogP contribution is -2.35. The first-order chi connectivity index (χ1) is 7.47. The molecule has 0 fully saturated rings. The van der Waals surface area contributed by atoms with Crippen LogP contribution in [0, 0.1) is 0 Å². The molecule has 1 aromatic rings. The quantitative estimate of drug-likeness (QED) is 0.847. The molecule has 1 heterocycles. The molecule has 0 aromatic carbocycles. The second-order valence-corrected chi connectivity index (χ2v) is 3.24. The average Bonchev–Trinajstić information content (AvgIpc) is 2.19. The molecule has 0 bridgehead atoms. The van der Waals surface area contributed by atoms with Crippen LogP contribution in [0.15, 0.2) is 10.8 Å². The van der Waals surface area contributed by atoms with Gasteiger partial charge in [0.05, 0.1) is 13.3 Å². The van der Waals surface area contributed by atoms with Gasteiger partial charge in [0.15, 0.2) is 0 Å².